The molecule has 0 unspecified atom stereocenters. The second-order valence-corrected chi connectivity index (χ2v) is 6.39. The lowest BCUT2D eigenvalue weighted by Crippen LogP contribution is -2.31. The highest BCUT2D eigenvalue weighted by molar-refractivity contribution is 7.18. The van der Waals surface area contributed by atoms with Gasteiger partial charge in [0.05, 0.1) is 11.7 Å². The van der Waals surface area contributed by atoms with Crippen LogP contribution in [0.25, 0.3) is 10.2 Å². The number of nitrogens with zero attached hydrogens (tertiary/aromatic N) is 2. The number of rotatable bonds is 4. The maximum Gasteiger partial charge on any atom is 0.262 e. The van der Waals surface area contributed by atoms with E-state index >= 15 is 0 Å². The minimum Gasteiger partial charge on any atom is -0.324 e. The van der Waals surface area contributed by atoms with E-state index in [9.17, 15) is 9.59 Å². The number of carbonyl (C=O) groups excluding carboxylic acids is 1. The summed E-state index contributed by atoms with van der Waals surface area (Å²) in [5, 5.41) is 3.39. The predicted molar refractivity (Wildman–Crippen MR) is 93.0 cm³/mol. The van der Waals surface area contributed by atoms with E-state index in [1.54, 1.807) is 19.1 Å². The van der Waals surface area contributed by atoms with Crippen LogP contribution in [-0.2, 0) is 11.2 Å². The lowest BCUT2D eigenvalue weighted by molar-refractivity contribution is -0.118. The molecule has 0 aliphatic rings. The number of para-hydroxylation sites is 1. The highest BCUT2D eigenvalue weighted by Gasteiger charge is 2.18. The van der Waals surface area contributed by atoms with Gasteiger partial charge in [-0.3, -0.25) is 14.2 Å². The Bertz CT molecular complexity index is 899. The second-order valence-electron chi connectivity index (χ2n) is 5.27. The topological polar surface area (TPSA) is 64.0 Å². The number of nitrogens with one attached hydrogen (secondary N) is 1. The zero-order valence-electron chi connectivity index (χ0n) is 12.9. The number of aryl methyl sites for hydroxylation is 1. The number of carbonyl (C=O) groups is 1. The molecule has 2 heterocycles. The van der Waals surface area contributed by atoms with Crippen LogP contribution in [0.4, 0.5) is 5.69 Å². The molecule has 0 fully saturated rings. The predicted octanol–water partition coefficient (Wildman–Crippen LogP) is 3.22. The third-order valence-electron chi connectivity index (χ3n) is 3.71. The Kier molecular flexibility index (Phi) is 4.25. The lowest BCUT2D eigenvalue weighted by Gasteiger charge is -2.14. The molecule has 0 aliphatic carbocycles. The number of benzene rings is 1. The van der Waals surface area contributed by atoms with Gasteiger partial charge in [-0.05, 0) is 31.5 Å². The maximum atomic E-state index is 12.6. The first-order valence-electron chi connectivity index (χ1n) is 7.45. The Morgan fingerprint density at radius 2 is 2.09 bits per heavy atom. The fourth-order valence-electron chi connectivity index (χ4n) is 2.33. The van der Waals surface area contributed by atoms with Gasteiger partial charge in [-0.1, -0.05) is 25.1 Å². The summed E-state index contributed by atoms with van der Waals surface area (Å²) in [6, 6.07) is 10.4. The highest BCUT2D eigenvalue weighted by atomic mass is 32.1. The van der Waals surface area contributed by atoms with E-state index < -0.39 is 6.04 Å². The first kappa shape index (κ1) is 15.4. The molecular formula is C17H17N3O2S. The molecule has 0 aliphatic heterocycles. The van der Waals surface area contributed by atoms with Crippen molar-refractivity contribution in [3.05, 3.63) is 58.0 Å². The SMILES string of the molecule is CCc1cc2c(=O)n([C@@H](C)C(=O)Nc3ccccc3)cnc2s1. The maximum absolute atomic E-state index is 12.6. The molecule has 5 nitrogen and oxygen atoms in total. The van der Waals surface area contributed by atoms with Crippen LogP contribution in [0.2, 0.25) is 0 Å². The van der Waals surface area contributed by atoms with Crippen LogP contribution in [-0.4, -0.2) is 15.5 Å². The monoisotopic (exact) mass is 327 g/mol. The van der Waals surface area contributed by atoms with Crippen molar-refractivity contribution in [1.29, 1.82) is 0 Å². The first-order valence-corrected chi connectivity index (χ1v) is 8.27. The Balaban J connectivity index is 1.91. The summed E-state index contributed by atoms with van der Waals surface area (Å²) in [5.41, 5.74) is 0.525. The van der Waals surface area contributed by atoms with Crippen LogP contribution in [0.15, 0.2) is 47.5 Å². The number of anilines is 1. The Morgan fingerprint density at radius 1 is 1.35 bits per heavy atom. The summed E-state index contributed by atoms with van der Waals surface area (Å²) in [7, 11) is 0. The van der Waals surface area contributed by atoms with Gasteiger partial charge in [-0.25, -0.2) is 4.98 Å². The number of hydrogen-bond acceptors (Lipinski definition) is 4. The molecule has 0 saturated carbocycles. The zero-order valence-corrected chi connectivity index (χ0v) is 13.8. The Labute approximate surface area is 137 Å². The molecule has 0 bridgehead atoms. The Hall–Kier alpha value is -2.47. The minimum atomic E-state index is -0.635. The average molecular weight is 327 g/mol. The third kappa shape index (κ3) is 3.03. The highest BCUT2D eigenvalue weighted by Crippen LogP contribution is 2.21. The van der Waals surface area contributed by atoms with E-state index in [0.717, 1.165) is 16.1 Å². The number of aromatic nitrogens is 2. The molecule has 1 aromatic carbocycles. The smallest absolute Gasteiger partial charge is 0.262 e. The molecule has 1 atom stereocenters. The zero-order chi connectivity index (χ0) is 16.4. The van der Waals surface area contributed by atoms with Gasteiger partial charge in [0.1, 0.15) is 10.9 Å². The minimum absolute atomic E-state index is 0.179. The van der Waals surface area contributed by atoms with E-state index in [2.05, 4.69) is 10.3 Å². The van der Waals surface area contributed by atoms with Gasteiger partial charge in [-0.2, -0.15) is 0 Å². The molecule has 0 radical (unpaired) electrons. The van der Waals surface area contributed by atoms with E-state index in [0.29, 0.717) is 11.1 Å². The fraction of sp³-hybridized carbons (Fsp3) is 0.235. The van der Waals surface area contributed by atoms with Gasteiger partial charge < -0.3 is 5.32 Å². The van der Waals surface area contributed by atoms with Crippen molar-refractivity contribution in [2.45, 2.75) is 26.3 Å². The molecular weight excluding hydrogens is 310 g/mol. The van der Waals surface area contributed by atoms with E-state index in [1.807, 2.05) is 31.2 Å². The van der Waals surface area contributed by atoms with Crippen molar-refractivity contribution < 1.29 is 4.79 Å². The number of fused-ring (bicyclic) bond motifs is 1. The van der Waals surface area contributed by atoms with E-state index in [4.69, 9.17) is 0 Å². The van der Waals surface area contributed by atoms with Crippen LogP contribution >= 0.6 is 11.3 Å². The molecule has 1 N–H and O–H groups in total. The fourth-order valence-corrected chi connectivity index (χ4v) is 3.26. The van der Waals surface area contributed by atoms with Gasteiger partial charge in [0.2, 0.25) is 5.91 Å². The van der Waals surface area contributed by atoms with Crippen molar-refractivity contribution in [3.63, 3.8) is 0 Å². The molecule has 118 valence electrons. The van der Waals surface area contributed by atoms with E-state index in [-0.39, 0.29) is 11.5 Å². The van der Waals surface area contributed by atoms with Gasteiger partial charge >= 0.3 is 0 Å². The number of thiophene rings is 1. The molecule has 3 rings (SSSR count). The summed E-state index contributed by atoms with van der Waals surface area (Å²) in [4.78, 5) is 31.1. The van der Waals surface area contributed by atoms with Gasteiger partial charge in [-0.15, -0.1) is 11.3 Å². The normalized spacial score (nSPS) is 12.3. The molecule has 23 heavy (non-hydrogen) atoms. The number of hydrogen-bond donors (Lipinski definition) is 1. The molecule has 1 amide bonds. The van der Waals surface area contributed by atoms with Crippen molar-refractivity contribution in [2.24, 2.45) is 0 Å². The summed E-state index contributed by atoms with van der Waals surface area (Å²) >= 11 is 1.52. The standard InChI is InChI=1S/C17H17N3O2S/c1-3-13-9-14-16(23-13)18-10-20(17(14)22)11(2)15(21)19-12-7-5-4-6-8-12/h4-11H,3H2,1-2H3,(H,19,21)/t11-/m0/s1. The third-order valence-corrected chi connectivity index (χ3v) is 4.90. The lowest BCUT2D eigenvalue weighted by atomic mass is 10.2. The molecule has 0 saturated heterocycles. The van der Waals surface area contributed by atoms with Crippen LogP contribution in [0.1, 0.15) is 24.8 Å². The van der Waals surface area contributed by atoms with Crippen LogP contribution < -0.4 is 10.9 Å². The van der Waals surface area contributed by atoms with Gasteiger partial charge in [0.15, 0.2) is 0 Å². The molecule has 3 aromatic rings. The summed E-state index contributed by atoms with van der Waals surface area (Å²) < 4.78 is 1.38. The summed E-state index contributed by atoms with van der Waals surface area (Å²) in [5.74, 6) is -0.245. The summed E-state index contributed by atoms with van der Waals surface area (Å²) in [6.45, 7) is 3.74. The van der Waals surface area contributed by atoms with E-state index in [1.165, 1.54) is 22.2 Å². The molecule has 6 heteroatoms. The second kappa shape index (κ2) is 6.34. The molecule has 2 aromatic heterocycles. The quantitative estimate of drug-likeness (QED) is 0.800. The van der Waals surface area contributed by atoms with Crippen molar-refractivity contribution >= 4 is 33.1 Å². The first-order chi connectivity index (χ1) is 11.1. The molecule has 0 spiro atoms. The average Bonchev–Trinajstić information content (AvgIpc) is 3.00. The van der Waals surface area contributed by atoms with Crippen LogP contribution in [0.3, 0.4) is 0 Å². The van der Waals surface area contributed by atoms with Crippen molar-refractivity contribution in [2.75, 3.05) is 5.32 Å². The Morgan fingerprint density at radius 3 is 2.78 bits per heavy atom. The van der Waals surface area contributed by atoms with Crippen LogP contribution in [0, 0.1) is 0 Å². The number of amides is 1. The summed E-state index contributed by atoms with van der Waals surface area (Å²) in [6.07, 6.45) is 2.32. The van der Waals surface area contributed by atoms with Gasteiger partial charge in [0.25, 0.3) is 5.56 Å². The van der Waals surface area contributed by atoms with Gasteiger partial charge in [0, 0.05) is 10.6 Å². The van der Waals surface area contributed by atoms with Crippen LogP contribution in [0.5, 0.6) is 0 Å². The largest absolute Gasteiger partial charge is 0.324 e. The van der Waals surface area contributed by atoms with Crippen molar-refractivity contribution in [3.8, 4) is 0 Å². The van der Waals surface area contributed by atoms with Crippen molar-refractivity contribution in [1.82, 2.24) is 9.55 Å².